The molecule has 0 spiro atoms. The Bertz CT molecular complexity index is 825. The third-order valence-corrected chi connectivity index (χ3v) is 5.02. The first kappa shape index (κ1) is 24.4. The number of halogens is 2. The standard InChI is InChI=1S/C21H25ClN4O3.HI/c22-19-5-1-16(2-6-19)9-11-23-21(25-14-18-10-12-29-15-18)24-13-17-3-7-20(8-4-17)26(27)28;/h1-8,18H,9-15H2,(H2,23,24,25);1H. The minimum Gasteiger partial charge on any atom is -0.381 e. The molecule has 1 unspecified atom stereocenters. The summed E-state index contributed by atoms with van der Waals surface area (Å²) in [5, 5.41) is 18.3. The predicted octanol–water partition coefficient (Wildman–Crippen LogP) is 4.18. The summed E-state index contributed by atoms with van der Waals surface area (Å²) in [6, 6.07) is 14.3. The average Bonchev–Trinajstić information content (AvgIpc) is 3.25. The number of hydrogen-bond acceptors (Lipinski definition) is 4. The summed E-state index contributed by atoms with van der Waals surface area (Å²) in [6.07, 6.45) is 1.90. The summed E-state index contributed by atoms with van der Waals surface area (Å²) in [5.74, 6) is 1.21. The molecule has 0 bridgehead atoms. The van der Waals surface area contributed by atoms with E-state index in [0.717, 1.165) is 55.7 Å². The average molecular weight is 545 g/mol. The van der Waals surface area contributed by atoms with Crippen molar-refractivity contribution in [3.63, 3.8) is 0 Å². The summed E-state index contributed by atoms with van der Waals surface area (Å²) < 4.78 is 5.43. The smallest absolute Gasteiger partial charge is 0.269 e. The topological polar surface area (TPSA) is 88.8 Å². The van der Waals surface area contributed by atoms with Crippen LogP contribution in [0.15, 0.2) is 53.5 Å². The van der Waals surface area contributed by atoms with Crippen LogP contribution in [-0.4, -0.2) is 37.2 Å². The monoisotopic (exact) mass is 544 g/mol. The zero-order chi connectivity index (χ0) is 20.5. The second-order valence-corrected chi connectivity index (χ2v) is 7.44. The first-order chi connectivity index (χ1) is 14.1. The van der Waals surface area contributed by atoms with Crippen molar-refractivity contribution in [2.45, 2.75) is 19.4 Å². The van der Waals surface area contributed by atoms with Crippen molar-refractivity contribution >= 4 is 47.2 Å². The fourth-order valence-electron chi connectivity index (χ4n) is 3.03. The Morgan fingerprint density at radius 2 is 1.83 bits per heavy atom. The van der Waals surface area contributed by atoms with Crippen LogP contribution < -0.4 is 10.6 Å². The Morgan fingerprint density at radius 1 is 1.13 bits per heavy atom. The highest BCUT2D eigenvalue weighted by Gasteiger charge is 2.15. The van der Waals surface area contributed by atoms with Gasteiger partial charge in [-0.2, -0.15) is 0 Å². The molecule has 1 heterocycles. The van der Waals surface area contributed by atoms with Gasteiger partial charge in [0.25, 0.3) is 5.69 Å². The molecule has 7 nitrogen and oxygen atoms in total. The van der Waals surface area contributed by atoms with E-state index >= 15 is 0 Å². The lowest BCUT2D eigenvalue weighted by atomic mass is 10.1. The number of guanidine groups is 1. The van der Waals surface area contributed by atoms with Gasteiger partial charge >= 0.3 is 0 Å². The largest absolute Gasteiger partial charge is 0.381 e. The Morgan fingerprint density at radius 3 is 2.47 bits per heavy atom. The predicted molar refractivity (Wildman–Crippen MR) is 130 cm³/mol. The van der Waals surface area contributed by atoms with Crippen LogP contribution in [0.5, 0.6) is 0 Å². The minimum atomic E-state index is -0.401. The number of nitrogens with zero attached hydrogens (tertiary/aromatic N) is 2. The van der Waals surface area contributed by atoms with E-state index in [9.17, 15) is 10.1 Å². The van der Waals surface area contributed by atoms with Gasteiger partial charge in [0.1, 0.15) is 0 Å². The molecule has 2 aromatic rings. The van der Waals surface area contributed by atoms with Crippen molar-refractivity contribution in [2.24, 2.45) is 10.9 Å². The third-order valence-electron chi connectivity index (χ3n) is 4.77. The molecule has 1 fully saturated rings. The van der Waals surface area contributed by atoms with Gasteiger partial charge in [-0.1, -0.05) is 35.9 Å². The van der Waals surface area contributed by atoms with Gasteiger partial charge in [-0.25, -0.2) is 4.99 Å². The van der Waals surface area contributed by atoms with Crippen molar-refractivity contribution in [1.82, 2.24) is 10.6 Å². The molecule has 1 saturated heterocycles. The maximum absolute atomic E-state index is 10.8. The van der Waals surface area contributed by atoms with E-state index in [0.29, 0.717) is 12.5 Å². The zero-order valence-electron chi connectivity index (χ0n) is 16.6. The Labute approximate surface area is 198 Å². The maximum Gasteiger partial charge on any atom is 0.269 e. The molecule has 1 aliphatic rings. The molecule has 162 valence electrons. The molecule has 0 aliphatic carbocycles. The van der Waals surface area contributed by atoms with Crippen LogP contribution in [0.4, 0.5) is 5.69 Å². The van der Waals surface area contributed by atoms with Gasteiger partial charge in [-0.3, -0.25) is 10.1 Å². The highest BCUT2D eigenvalue weighted by Crippen LogP contribution is 2.13. The number of benzene rings is 2. The normalized spacial score (nSPS) is 16.0. The van der Waals surface area contributed by atoms with Crippen LogP contribution >= 0.6 is 35.6 Å². The molecule has 30 heavy (non-hydrogen) atoms. The van der Waals surface area contributed by atoms with E-state index in [4.69, 9.17) is 16.3 Å². The van der Waals surface area contributed by atoms with Crippen LogP contribution in [0.2, 0.25) is 5.02 Å². The second kappa shape index (κ2) is 12.7. The second-order valence-electron chi connectivity index (χ2n) is 7.00. The summed E-state index contributed by atoms with van der Waals surface area (Å²) in [6.45, 7) is 3.55. The molecule has 3 rings (SSSR count). The van der Waals surface area contributed by atoms with Gasteiger partial charge in [0.2, 0.25) is 0 Å². The number of nitro groups is 1. The highest BCUT2D eigenvalue weighted by molar-refractivity contribution is 14.0. The number of aliphatic imine (C=N–C) groups is 1. The Kier molecular flexibility index (Phi) is 10.3. The number of hydrogen-bond donors (Lipinski definition) is 2. The first-order valence-corrected chi connectivity index (χ1v) is 10.1. The lowest BCUT2D eigenvalue weighted by molar-refractivity contribution is -0.384. The van der Waals surface area contributed by atoms with Gasteiger partial charge in [0.05, 0.1) is 18.1 Å². The minimum absolute atomic E-state index is 0. The van der Waals surface area contributed by atoms with Crippen molar-refractivity contribution in [3.8, 4) is 0 Å². The van der Waals surface area contributed by atoms with E-state index in [1.165, 1.54) is 17.7 Å². The summed E-state index contributed by atoms with van der Waals surface area (Å²) in [7, 11) is 0. The van der Waals surface area contributed by atoms with Crippen LogP contribution in [-0.2, 0) is 17.7 Å². The SMILES string of the molecule is I.O=[N+]([O-])c1ccc(CN=C(NCCc2ccc(Cl)cc2)NCC2CCOC2)cc1. The Hall–Kier alpha value is -1.91. The van der Waals surface area contributed by atoms with Gasteiger partial charge in [0, 0.05) is 42.8 Å². The highest BCUT2D eigenvalue weighted by atomic mass is 127. The number of ether oxygens (including phenoxy) is 1. The molecule has 0 radical (unpaired) electrons. The summed E-state index contributed by atoms with van der Waals surface area (Å²) >= 11 is 5.93. The number of nitrogens with one attached hydrogen (secondary N) is 2. The van der Waals surface area contributed by atoms with E-state index in [1.54, 1.807) is 12.1 Å². The molecular weight excluding hydrogens is 519 g/mol. The third kappa shape index (κ3) is 8.08. The lowest BCUT2D eigenvalue weighted by Gasteiger charge is -2.15. The number of rotatable bonds is 8. The molecule has 2 aromatic carbocycles. The molecule has 2 N–H and O–H groups in total. The maximum atomic E-state index is 10.8. The van der Waals surface area contributed by atoms with Crippen LogP contribution in [0, 0.1) is 16.0 Å². The molecule has 1 aliphatic heterocycles. The van der Waals surface area contributed by atoms with Gasteiger partial charge in [0.15, 0.2) is 5.96 Å². The van der Waals surface area contributed by atoms with E-state index in [1.807, 2.05) is 24.3 Å². The summed E-state index contributed by atoms with van der Waals surface area (Å²) in [5.41, 5.74) is 2.19. The van der Waals surface area contributed by atoms with Crippen LogP contribution in [0.25, 0.3) is 0 Å². The number of non-ortho nitro benzene ring substituents is 1. The van der Waals surface area contributed by atoms with E-state index < -0.39 is 4.92 Å². The van der Waals surface area contributed by atoms with Crippen molar-refractivity contribution in [2.75, 3.05) is 26.3 Å². The van der Waals surface area contributed by atoms with Crippen molar-refractivity contribution < 1.29 is 9.66 Å². The molecule has 1 atom stereocenters. The quantitative estimate of drug-likeness (QED) is 0.171. The van der Waals surface area contributed by atoms with Crippen molar-refractivity contribution in [1.29, 1.82) is 0 Å². The molecule has 0 amide bonds. The van der Waals surface area contributed by atoms with Gasteiger partial charge in [-0.15, -0.1) is 24.0 Å². The van der Waals surface area contributed by atoms with Gasteiger partial charge in [-0.05, 0) is 36.1 Å². The fraction of sp³-hybridized carbons (Fsp3) is 0.381. The first-order valence-electron chi connectivity index (χ1n) is 9.68. The van der Waals surface area contributed by atoms with E-state index in [-0.39, 0.29) is 29.7 Å². The molecule has 0 aromatic heterocycles. The van der Waals surface area contributed by atoms with Crippen LogP contribution in [0.3, 0.4) is 0 Å². The van der Waals surface area contributed by atoms with E-state index in [2.05, 4.69) is 15.6 Å². The fourth-order valence-corrected chi connectivity index (χ4v) is 3.16. The summed E-state index contributed by atoms with van der Waals surface area (Å²) in [4.78, 5) is 15.0. The lowest BCUT2D eigenvalue weighted by Crippen LogP contribution is -2.41. The zero-order valence-corrected chi connectivity index (χ0v) is 19.6. The molecule has 9 heteroatoms. The molecule has 0 saturated carbocycles. The van der Waals surface area contributed by atoms with Crippen LogP contribution in [0.1, 0.15) is 17.5 Å². The van der Waals surface area contributed by atoms with Gasteiger partial charge < -0.3 is 15.4 Å². The van der Waals surface area contributed by atoms with Crippen molar-refractivity contribution in [3.05, 3.63) is 74.8 Å². The molecular formula is C21H26ClIN4O3. The Balaban J connectivity index is 0.00000320. The number of nitro benzene ring substituents is 1.